The van der Waals surface area contributed by atoms with Gasteiger partial charge >= 0.3 is 0 Å². The number of thiocarbonyl (C=S) groups is 1. The van der Waals surface area contributed by atoms with Crippen LogP contribution in [0.15, 0.2) is 18.2 Å². The molecule has 3 heteroatoms. The molecular formula is C9H14NPS. The molecular weight excluding hydrogens is 185 g/mol. The zero-order valence-corrected chi connectivity index (χ0v) is 9.66. The molecule has 66 valence electrons. The minimum Gasteiger partial charge on any atom is -0.389 e. The normalized spacial score (nSPS) is 8.83. The van der Waals surface area contributed by atoms with E-state index in [4.69, 9.17) is 18.0 Å². The highest BCUT2D eigenvalue weighted by Crippen LogP contribution is 2.11. The van der Waals surface area contributed by atoms with Gasteiger partial charge in [-0.1, -0.05) is 30.4 Å². The summed E-state index contributed by atoms with van der Waals surface area (Å²) in [6.45, 7) is 4.08. The van der Waals surface area contributed by atoms with Crippen molar-refractivity contribution in [1.82, 2.24) is 0 Å². The molecule has 1 nitrogen and oxygen atoms in total. The van der Waals surface area contributed by atoms with Gasteiger partial charge in [0.2, 0.25) is 0 Å². The smallest absolute Gasteiger partial charge is 0.104 e. The van der Waals surface area contributed by atoms with E-state index in [-0.39, 0.29) is 9.90 Å². The summed E-state index contributed by atoms with van der Waals surface area (Å²) in [6.07, 6.45) is 0. The van der Waals surface area contributed by atoms with Crippen LogP contribution >= 0.6 is 22.1 Å². The first-order chi connectivity index (χ1) is 5.13. The van der Waals surface area contributed by atoms with E-state index in [9.17, 15) is 0 Å². The molecule has 0 radical (unpaired) electrons. The maximum atomic E-state index is 5.51. The predicted octanol–water partition coefficient (Wildman–Crippen LogP) is 2.00. The second kappa shape index (κ2) is 4.54. The van der Waals surface area contributed by atoms with Gasteiger partial charge in [-0.15, -0.1) is 0 Å². The molecule has 1 rings (SSSR count). The maximum Gasteiger partial charge on any atom is 0.104 e. The summed E-state index contributed by atoms with van der Waals surface area (Å²) in [5.74, 6) is 0. The van der Waals surface area contributed by atoms with Crippen molar-refractivity contribution in [2.45, 2.75) is 13.8 Å². The highest BCUT2D eigenvalue weighted by molar-refractivity contribution is 7.80. The molecule has 12 heavy (non-hydrogen) atoms. The molecule has 0 bridgehead atoms. The van der Waals surface area contributed by atoms with Gasteiger partial charge in [-0.3, -0.25) is 0 Å². The Labute approximate surface area is 82.0 Å². The van der Waals surface area contributed by atoms with E-state index in [2.05, 4.69) is 13.0 Å². The molecule has 0 aliphatic carbocycles. The van der Waals surface area contributed by atoms with E-state index in [1.54, 1.807) is 0 Å². The predicted molar refractivity (Wildman–Crippen MR) is 62.9 cm³/mol. The molecule has 1 unspecified atom stereocenters. The fourth-order valence-corrected chi connectivity index (χ4v) is 1.24. The first-order valence-corrected chi connectivity index (χ1v) is 3.90. The van der Waals surface area contributed by atoms with E-state index >= 15 is 0 Å². The van der Waals surface area contributed by atoms with Gasteiger partial charge in [0.05, 0.1) is 0 Å². The summed E-state index contributed by atoms with van der Waals surface area (Å²) in [7, 11) is 0. The van der Waals surface area contributed by atoms with Crippen molar-refractivity contribution >= 4 is 27.1 Å². The third-order valence-corrected chi connectivity index (χ3v) is 2.09. The Bertz CT molecular complexity index is 297. The monoisotopic (exact) mass is 199 g/mol. The fraction of sp³-hybridized carbons (Fsp3) is 0.222. The number of benzene rings is 1. The first kappa shape index (κ1) is 11.5. The van der Waals surface area contributed by atoms with Crippen molar-refractivity contribution in [3.05, 3.63) is 34.9 Å². The van der Waals surface area contributed by atoms with Gasteiger partial charge in [0, 0.05) is 5.56 Å². The number of nitrogens with two attached hydrogens (primary N) is 1. The van der Waals surface area contributed by atoms with Crippen molar-refractivity contribution in [2.75, 3.05) is 0 Å². The quantitative estimate of drug-likeness (QED) is 0.553. The van der Waals surface area contributed by atoms with Crippen LogP contribution in [0.3, 0.4) is 0 Å². The summed E-state index contributed by atoms with van der Waals surface area (Å²) >= 11 is 4.89. The van der Waals surface area contributed by atoms with Crippen LogP contribution in [0, 0.1) is 13.8 Å². The van der Waals surface area contributed by atoms with E-state index in [1.807, 2.05) is 19.1 Å². The largest absolute Gasteiger partial charge is 0.389 e. The zero-order valence-electron chi connectivity index (χ0n) is 7.42. The molecule has 0 heterocycles. The maximum absolute atomic E-state index is 5.51. The summed E-state index contributed by atoms with van der Waals surface area (Å²) in [6, 6.07) is 5.97. The van der Waals surface area contributed by atoms with Gasteiger partial charge in [-0.2, -0.15) is 9.90 Å². The lowest BCUT2D eigenvalue weighted by atomic mass is 10.0. The highest BCUT2D eigenvalue weighted by atomic mass is 32.1. The van der Waals surface area contributed by atoms with E-state index in [1.165, 1.54) is 11.1 Å². The number of hydrogen-bond acceptors (Lipinski definition) is 1. The Balaban J connectivity index is 0.00000121. The van der Waals surface area contributed by atoms with Crippen molar-refractivity contribution in [2.24, 2.45) is 5.73 Å². The van der Waals surface area contributed by atoms with Gasteiger partial charge < -0.3 is 5.73 Å². The van der Waals surface area contributed by atoms with Crippen LogP contribution in [-0.2, 0) is 0 Å². The molecule has 2 N–H and O–H groups in total. The van der Waals surface area contributed by atoms with Gasteiger partial charge in [-0.25, -0.2) is 0 Å². The van der Waals surface area contributed by atoms with Gasteiger partial charge in [-0.05, 0) is 25.0 Å². The first-order valence-electron chi connectivity index (χ1n) is 3.49. The Morgan fingerprint density at radius 2 is 1.92 bits per heavy atom. The Morgan fingerprint density at radius 3 is 2.33 bits per heavy atom. The highest BCUT2D eigenvalue weighted by Gasteiger charge is 2.01. The third kappa shape index (κ3) is 2.26. The average molecular weight is 199 g/mol. The molecule has 1 aromatic rings. The molecule has 0 fully saturated rings. The summed E-state index contributed by atoms with van der Waals surface area (Å²) in [5, 5.41) is 0. The van der Waals surface area contributed by atoms with E-state index < -0.39 is 0 Å². The second-order valence-corrected chi connectivity index (χ2v) is 3.05. The fourth-order valence-electron chi connectivity index (χ4n) is 1.02. The molecule has 0 aliphatic heterocycles. The Morgan fingerprint density at radius 1 is 1.33 bits per heavy atom. The van der Waals surface area contributed by atoms with Crippen LogP contribution in [0.2, 0.25) is 0 Å². The van der Waals surface area contributed by atoms with Gasteiger partial charge in [0.15, 0.2) is 0 Å². The Kier molecular flexibility index (Phi) is 4.36. The van der Waals surface area contributed by atoms with Crippen LogP contribution in [0.4, 0.5) is 0 Å². The molecule has 1 atom stereocenters. The molecule has 1 aromatic carbocycles. The van der Waals surface area contributed by atoms with Crippen LogP contribution in [-0.4, -0.2) is 4.99 Å². The second-order valence-electron chi connectivity index (χ2n) is 2.61. The van der Waals surface area contributed by atoms with Crippen LogP contribution in [0.25, 0.3) is 0 Å². The van der Waals surface area contributed by atoms with Crippen LogP contribution < -0.4 is 5.73 Å². The molecule has 0 aliphatic rings. The van der Waals surface area contributed by atoms with Crippen molar-refractivity contribution < 1.29 is 0 Å². The molecule has 0 saturated heterocycles. The molecule has 0 amide bonds. The van der Waals surface area contributed by atoms with Gasteiger partial charge in [0.1, 0.15) is 4.99 Å². The van der Waals surface area contributed by atoms with E-state index in [0.29, 0.717) is 4.99 Å². The zero-order chi connectivity index (χ0) is 8.43. The lowest BCUT2D eigenvalue weighted by Crippen LogP contribution is -2.11. The number of hydrogen-bond donors (Lipinski definition) is 1. The summed E-state index contributed by atoms with van der Waals surface area (Å²) in [5.41, 5.74) is 8.91. The topological polar surface area (TPSA) is 26.0 Å². The standard InChI is InChI=1S/C9H11NS.H3P/c1-6-4-3-5-8(7(6)2)9(10)11;/h3-5H,1-2H3,(H2,10,11);1H3. The number of aryl methyl sites for hydroxylation is 1. The summed E-state index contributed by atoms with van der Waals surface area (Å²) < 4.78 is 0. The minimum atomic E-state index is 0. The SMILES string of the molecule is Cc1cccc(C(N)=S)c1C.P. The van der Waals surface area contributed by atoms with Crippen molar-refractivity contribution in [3.63, 3.8) is 0 Å². The van der Waals surface area contributed by atoms with Gasteiger partial charge in [0.25, 0.3) is 0 Å². The number of rotatable bonds is 1. The van der Waals surface area contributed by atoms with Crippen LogP contribution in [0.1, 0.15) is 16.7 Å². The lowest BCUT2D eigenvalue weighted by Gasteiger charge is -2.05. The summed E-state index contributed by atoms with van der Waals surface area (Å²) in [4.78, 5) is 0.478. The third-order valence-electron chi connectivity index (χ3n) is 1.87. The molecule has 0 aromatic heterocycles. The average Bonchev–Trinajstić information content (AvgIpc) is 1.94. The minimum absolute atomic E-state index is 0. The lowest BCUT2D eigenvalue weighted by molar-refractivity contribution is 1.32. The van der Waals surface area contributed by atoms with E-state index in [0.717, 1.165) is 5.56 Å². The van der Waals surface area contributed by atoms with Crippen molar-refractivity contribution in [1.29, 1.82) is 0 Å². The van der Waals surface area contributed by atoms with Crippen molar-refractivity contribution in [3.8, 4) is 0 Å². The Hall–Kier alpha value is -0.460. The van der Waals surface area contributed by atoms with Crippen LogP contribution in [0.5, 0.6) is 0 Å². The molecule has 0 saturated carbocycles. The molecule has 0 spiro atoms.